The number of carboxylic acid groups (broad SMARTS) is 1. The van der Waals surface area contributed by atoms with Crippen molar-refractivity contribution in [3.05, 3.63) is 16.1 Å². The van der Waals surface area contributed by atoms with Gasteiger partial charge in [0.05, 0.1) is 11.4 Å². The first-order valence-corrected chi connectivity index (χ1v) is 6.73. The van der Waals surface area contributed by atoms with Crippen LogP contribution in [0.3, 0.4) is 0 Å². The molecule has 8 nitrogen and oxygen atoms in total. The lowest BCUT2D eigenvalue weighted by atomic mass is 10.2. The number of aromatic nitrogens is 1. The molecular weight excluding hydrogens is 284 g/mol. The van der Waals surface area contributed by atoms with E-state index in [0.717, 1.165) is 10.7 Å². The lowest BCUT2D eigenvalue weighted by Gasteiger charge is -2.13. The highest BCUT2D eigenvalue weighted by atomic mass is 32.1. The Morgan fingerprint density at radius 3 is 2.70 bits per heavy atom. The molecule has 20 heavy (non-hydrogen) atoms. The van der Waals surface area contributed by atoms with Gasteiger partial charge in [-0.3, -0.25) is 4.79 Å². The molecule has 0 spiro atoms. The normalized spacial score (nSPS) is 11.7. The fraction of sp³-hybridized carbons (Fsp3) is 0.455. The number of nitrogens with one attached hydrogen (secondary N) is 2. The highest BCUT2D eigenvalue weighted by Gasteiger charge is 2.21. The van der Waals surface area contributed by atoms with Crippen LogP contribution in [-0.4, -0.2) is 40.6 Å². The van der Waals surface area contributed by atoms with E-state index in [1.54, 1.807) is 0 Å². The second-order valence-corrected chi connectivity index (χ2v) is 5.04. The van der Waals surface area contributed by atoms with Crippen LogP contribution in [0.5, 0.6) is 0 Å². The zero-order chi connectivity index (χ0) is 15.1. The van der Waals surface area contributed by atoms with E-state index in [0.29, 0.717) is 13.0 Å². The molecular formula is C11H16N4O4S. The average Bonchev–Trinajstić information content (AvgIpc) is 2.73. The van der Waals surface area contributed by atoms with Gasteiger partial charge in [0, 0.05) is 24.0 Å². The molecule has 1 heterocycles. The predicted molar refractivity (Wildman–Crippen MR) is 72.3 cm³/mol. The molecule has 1 aromatic heterocycles. The van der Waals surface area contributed by atoms with Crippen molar-refractivity contribution in [1.29, 1.82) is 0 Å². The van der Waals surface area contributed by atoms with E-state index in [-0.39, 0.29) is 0 Å². The Hall–Kier alpha value is -2.16. The molecule has 0 bridgehead atoms. The summed E-state index contributed by atoms with van der Waals surface area (Å²) in [5, 5.41) is 16.3. The molecule has 9 heteroatoms. The Kier molecular flexibility index (Phi) is 5.91. The number of hydrogen-bond acceptors (Lipinski definition) is 5. The number of nitrogens with two attached hydrogens (primary N) is 1. The third-order valence-corrected chi connectivity index (χ3v) is 3.33. The zero-order valence-electron chi connectivity index (χ0n) is 10.9. The number of carboxylic acids is 1. The summed E-state index contributed by atoms with van der Waals surface area (Å²) < 4.78 is 0. The summed E-state index contributed by atoms with van der Waals surface area (Å²) in [5.74, 6) is -2.11. The number of hydrogen-bond donors (Lipinski definition) is 4. The topological polar surface area (TPSA) is 134 Å². The van der Waals surface area contributed by atoms with Crippen LogP contribution < -0.4 is 16.4 Å². The highest BCUT2D eigenvalue weighted by Crippen LogP contribution is 2.08. The largest absolute Gasteiger partial charge is 0.480 e. The number of rotatable bonds is 7. The van der Waals surface area contributed by atoms with Crippen LogP contribution in [0.15, 0.2) is 5.38 Å². The van der Waals surface area contributed by atoms with Crippen molar-refractivity contribution in [2.45, 2.75) is 25.8 Å². The minimum Gasteiger partial charge on any atom is -0.480 e. The summed E-state index contributed by atoms with van der Waals surface area (Å²) in [7, 11) is 0. The minimum absolute atomic E-state index is 0.321. The summed E-state index contributed by atoms with van der Waals surface area (Å²) in [6.07, 6.45) is 0.105. The molecule has 0 saturated heterocycles. The van der Waals surface area contributed by atoms with E-state index in [2.05, 4.69) is 15.6 Å². The number of aliphatic carboxylic acids is 1. The Balaban J connectivity index is 2.34. The van der Waals surface area contributed by atoms with Crippen LogP contribution in [0, 0.1) is 6.92 Å². The SMILES string of the molecule is Cc1csc(CCNC(=O)N[C@H](CC(N)=O)C(=O)O)n1. The maximum absolute atomic E-state index is 11.5. The summed E-state index contributed by atoms with van der Waals surface area (Å²) in [4.78, 5) is 37.2. The summed E-state index contributed by atoms with van der Waals surface area (Å²) in [6, 6.07) is -1.98. The fourth-order valence-corrected chi connectivity index (χ4v) is 2.19. The van der Waals surface area contributed by atoms with Crippen LogP contribution in [0.2, 0.25) is 0 Å². The third kappa shape index (κ3) is 5.65. The second-order valence-electron chi connectivity index (χ2n) is 4.09. The van der Waals surface area contributed by atoms with Gasteiger partial charge in [-0.25, -0.2) is 14.6 Å². The van der Waals surface area contributed by atoms with Gasteiger partial charge in [-0.05, 0) is 6.92 Å². The maximum atomic E-state index is 11.5. The summed E-state index contributed by atoms with van der Waals surface area (Å²) >= 11 is 1.49. The van der Waals surface area contributed by atoms with E-state index < -0.39 is 30.4 Å². The lowest BCUT2D eigenvalue weighted by Crippen LogP contribution is -2.48. The van der Waals surface area contributed by atoms with Gasteiger partial charge >= 0.3 is 12.0 Å². The number of aryl methyl sites for hydroxylation is 1. The summed E-state index contributed by atoms with van der Waals surface area (Å²) in [6.45, 7) is 2.20. The Morgan fingerprint density at radius 1 is 1.50 bits per heavy atom. The highest BCUT2D eigenvalue weighted by molar-refractivity contribution is 7.09. The Morgan fingerprint density at radius 2 is 2.20 bits per heavy atom. The number of nitrogens with zero attached hydrogens (tertiary/aromatic N) is 1. The van der Waals surface area contributed by atoms with Crippen molar-refractivity contribution in [1.82, 2.24) is 15.6 Å². The van der Waals surface area contributed by atoms with Crippen molar-refractivity contribution < 1.29 is 19.5 Å². The van der Waals surface area contributed by atoms with E-state index in [4.69, 9.17) is 10.8 Å². The maximum Gasteiger partial charge on any atom is 0.326 e. The van der Waals surface area contributed by atoms with E-state index in [1.165, 1.54) is 11.3 Å². The van der Waals surface area contributed by atoms with E-state index in [9.17, 15) is 14.4 Å². The van der Waals surface area contributed by atoms with Crippen LogP contribution in [-0.2, 0) is 16.0 Å². The van der Waals surface area contributed by atoms with Crippen molar-refractivity contribution in [2.24, 2.45) is 5.73 Å². The van der Waals surface area contributed by atoms with Gasteiger partial charge in [-0.2, -0.15) is 0 Å². The molecule has 0 aliphatic rings. The molecule has 0 fully saturated rings. The molecule has 5 N–H and O–H groups in total. The molecule has 110 valence electrons. The number of carbonyl (C=O) groups is 3. The molecule has 0 radical (unpaired) electrons. The molecule has 1 aromatic rings. The monoisotopic (exact) mass is 300 g/mol. The van der Waals surface area contributed by atoms with Gasteiger partial charge in [0.25, 0.3) is 0 Å². The Bertz CT molecular complexity index is 502. The molecule has 0 unspecified atom stereocenters. The first-order valence-electron chi connectivity index (χ1n) is 5.85. The van der Waals surface area contributed by atoms with Crippen LogP contribution in [0.1, 0.15) is 17.1 Å². The number of primary amides is 1. The third-order valence-electron chi connectivity index (χ3n) is 2.30. The Labute approximate surface area is 119 Å². The van der Waals surface area contributed by atoms with E-state index in [1.807, 2.05) is 12.3 Å². The minimum atomic E-state index is -1.32. The van der Waals surface area contributed by atoms with Crippen LogP contribution >= 0.6 is 11.3 Å². The van der Waals surface area contributed by atoms with Crippen molar-refractivity contribution in [2.75, 3.05) is 6.54 Å². The molecule has 0 aromatic carbocycles. The number of amides is 3. The second kappa shape index (κ2) is 7.43. The molecule has 1 atom stereocenters. The van der Waals surface area contributed by atoms with Gasteiger partial charge in [-0.1, -0.05) is 0 Å². The molecule has 0 aliphatic heterocycles. The fourth-order valence-electron chi connectivity index (χ4n) is 1.41. The summed E-state index contributed by atoms with van der Waals surface area (Å²) in [5.41, 5.74) is 5.82. The van der Waals surface area contributed by atoms with Crippen molar-refractivity contribution >= 4 is 29.2 Å². The standard InChI is InChI=1S/C11H16N4O4S/c1-6-5-20-9(14-6)2-3-13-11(19)15-7(10(17)18)4-8(12)16/h5,7H,2-4H2,1H3,(H2,12,16)(H,17,18)(H2,13,15,19)/t7-/m1/s1. The van der Waals surface area contributed by atoms with Crippen LogP contribution in [0.25, 0.3) is 0 Å². The first kappa shape index (κ1) is 15.9. The number of thiazole rings is 1. The van der Waals surface area contributed by atoms with Crippen LogP contribution in [0.4, 0.5) is 4.79 Å². The number of urea groups is 1. The molecule has 3 amide bonds. The van der Waals surface area contributed by atoms with E-state index >= 15 is 0 Å². The number of carbonyl (C=O) groups excluding carboxylic acids is 2. The first-order chi connectivity index (χ1) is 9.38. The average molecular weight is 300 g/mol. The van der Waals surface area contributed by atoms with Gasteiger partial charge in [0.15, 0.2) is 0 Å². The quantitative estimate of drug-likeness (QED) is 0.544. The zero-order valence-corrected chi connectivity index (χ0v) is 11.7. The molecule has 1 rings (SSSR count). The lowest BCUT2D eigenvalue weighted by molar-refractivity contribution is -0.140. The van der Waals surface area contributed by atoms with Gasteiger partial charge in [0.1, 0.15) is 6.04 Å². The van der Waals surface area contributed by atoms with Gasteiger partial charge < -0.3 is 21.5 Å². The molecule has 0 saturated carbocycles. The molecule has 0 aliphatic carbocycles. The van der Waals surface area contributed by atoms with Gasteiger partial charge in [-0.15, -0.1) is 11.3 Å². The smallest absolute Gasteiger partial charge is 0.326 e. The predicted octanol–water partition coefficient (Wildman–Crippen LogP) is -0.378. The van der Waals surface area contributed by atoms with Gasteiger partial charge in [0.2, 0.25) is 5.91 Å². The van der Waals surface area contributed by atoms with Crippen molar-refractivity contribution in [3.8, 4) is 0 Å². The van der Waals surface area contributed by atoms with Crippen molar-refractivity contribution in [3.63, 3.8) is 0 Å².